The van der Waals surface area contributed by atoms with E-state index >= 15 is 0 Å². The van der Waals surface area contributed by atoms with Crippen LogP contribution in [0.1, 0.15) is 17.3 Å². The van der Waals surface area contributed by atoms with Gasteiger partial charge in [-0.05, 0) is 31.2 Å². The fourth-order valence-electron chi connectivity index (χ4n) is 1.78. The molecular weight excluding hydrogens is 323 g/mol. The number of Topliss-reactive ketones (excluding diaryl/α,β-unsaturated/α-hetero) is 1. The van der Waals surface area contributed by atoms with Gasteiger partial charge in [0, 0.05) is 25.5 Å². The number of sulfonamides is 1. The van der Waals surface area contributed by atoms with Gasteiger partial charge in [0.05, 0.1) is 10.5 Å². The van der Waals surface area contributed by atoms with Gasteiger partial charge in [0.2, 0.25) is 16.0 Å². The van der Waals surface area contributed by atoms with E-state index in [0.717, 1.165) is 12.1 Å². The Morgan fingerprint density at radius 3 is 2.52 bits per heavy atom. The first-order valence-corrected chi connectivity index (χ1v) is 8.19. The van der Waals surface area contributed by atoms with Crippen LogP contribution in [0.25, 0.3) is 0 Å². The van der Waals surface area contributed by atoms with Crippen molar-refractivity contribution in [1.29, 1.82) is 0 Å². The van der Waals surface area contributed by atoms with Gasteiger partial charge in [-0.1, -0.05) is 0 Å². The molecule has 122 valence electrons. The van der Waals surface area contributed by atoms with E-state index in [-0.39, 0.29) is 23.5 Å². The molecule has 7 nitrogen and oxygen atoms in total. The zero-order valence-corrected chi connectivity index (χ0v) is 13.1. The van der Waals surface area contributed by atoms with Gasteiger partial charge in [0.25, 0.3) is 0 Å². The first-order valence-electron chi connectivity index (χ1n) is 6.71. The zero-order valence-electron chi connectivity index (χ0n) is 12.3. The first-order chi connectivity index (χ1) is 10.9. The SMILES string of the molecule is CC(=O)c1ccc(S(=O)(=O)NCCNc2ncccn2)cc1F. The normalized spacial score (nSPS) is 11.2. The number of carbonyl (C=O) groups excluding carboxylic acids is 1. The van der Waals surface area contributed by atoms with E-state index in [1.165, 1.54) is 13.0 Å². The lowest BCUT2D eigenvalue weighted by Crippen LogP contribution is -2.29. The van der Waals surface area contributed by atoms with Gasteiger partial charge in [-0.25, -0.2) is 27.5 Å². The number of ketones is 1. The highest BCUT2D eigenvalue weighted by molar-refractivity contribution is 7.89. The lowest BCUT2D eigenvalue weighted by atomic mass is 10.1. The summed E-state index contributed by atoms with van der Waals surface area (Å²) in [5, 5.41) is 2.84. The topological polar surface area (TPSA) is 101 Å². The molecule has 0 aliphatic rings. The van der Waals surface area contributed by atoms with E-state index in [1.54, 1.807) is 18.5 Å². The summed E-state index contributed by atoms with van der Waals surface area (Å²) in [6.07, 6.45) is 3.11. The highest BCUT2D eigenvalue weighted by Crippen LogP contribution is 2.15. The minimum Gasteiger partial charge on any atom is -0.353 e. The molecule has 1 heterocycles. The highest BCUT2D eigenvalue weighted by atomic mass is 32.2. The van der Waals surface area contributed by atoms with Crippen molar-refractivity contribution in [2.45, 2.75) is 11.8 Å². The van der Waals surface area contributed by atoms with E-state index in [4.69, 9.17) is 0 Å². The molecule has 0 amide bonds. The van der Waals surface area contributed by atoms with Gasteiger partial charge >= 0.3 is 0 Å². The third-order valence-corrected chi connectivity index (χ3v) is 4.35. The Bertz CT molecular complexity index is 797. The summed E-state index contributed by atoms with van der Waals surface area (Å²) in [7, 11) is -3.86. The summed E-state index contributed by atoms with van der Waals surface area (Å²) in [5.41, 5.74) is -0.146. The quantitative estimate of drug-likeness (QED) is 0.581. The molecular formula is C14H15FN4O3S. The molecule has 0 aliphatic carbocycles. The number of benzene rings is 1. The van der Waals surface area contributed by atoms with Crippen molar-refractivity contribution in [3.05, 3.63) is 48.0 Å². The van der Waals surface area contributed by atoms with E-state index in [1.807, 2.05) is 0 Å². The number of carbonyl (C=O) groups is 1. The van der Waals surface area contributed by atoms with Gasteiger partial charge in [0.1, 0.15) is 5.82 Å². The van der Waals surface area contributed by atoms with E-state index in [9.17, 15) is 17.6 Å². The van der Waals surface area contributed by atoms with Crippen molar-refractivity contribution in [3.8, 4) is 0 Å². The Hall–Kier alpha value is -2.39. The third kappa shape index (κ3) is 4.54. The summed E-state index contributed by atoms with van der Waals surface area (Å²) in [6.45, 7) is 1.54. The van der Waals surface area contributed by atoms with E-state index in [0.29, 0.717) is 5.95 Å². The Morgan fingerprint density at radius 1 is 1.22 bits per heavy atom. The number of nitrogens with zero attached hydrogens (tertiary/aromatic N) is 2. The molecule has 0 saturated heterocycles. The third-order valence-electron chi connectivity index (χ3n) is 2.90. The van der Waals surface area contributed by atoms with Crippen molar-refractivity contribution >= 4 is 21.8 Å². The van der Waals surface area contributed by atoms with E-state index in [2.05, 4.69) is 20.0 Å². The molecule has 0 atom stereocenters. The Morgan fingerprint density at radius 2 is 1.91 bits per heavy atom. The minimum atomic E-state index is -3.86. The molecule has 1 aromatic carbocycles. The summed E-state index contributed by atoms with van der Waals surface area (Å²) in [4.78, 5) is 18.8. The van der Waals surface area contributed by atoms with Crippen molar-refractivity contribution in [1.82, 2.24) is 14.7 Å². The molecule has 0 unspecified atom stereocenters. The van der Waals surface area contributed by atoms with Crippen LogP contribution in [0.4, 0.5) is 10.3 Å². The zero-order chi connectivity index (χ0) is 16.9. The number of hydrogen-bond acceptors (Lipinski definition) is 6. The Balaban J connectivity index is 1.96. The first kappa shape index (κ1) is 17.0. The largest absolute Gasteiger partial charge is 0.353 e. The molecule has 2 aromatic rings. The molecule has 2 N–H and O–H groups in total. The number of hydrogen-bond donors (Lipinski definition) is 2. The van der Waals surface area contributed by atoms with Crippen molar-refractivity contribution in [2.24, 2.45) is 0 Å². The average Bonchev–Trinajstić information content (AvgIpc) is 2.52. The summed E-state index contributed by atoms with van der Waals surface area (Å²) < 4.78 is 40.1. The second kappa shape index (κ2) is 7.25. The molecule has 0 spiro atoms. The highest BCUT2D eigenvalue weighted by Gasteiger charge is 2.17. The van der Waals surface area contributed by atoms with Crippen LogP contribution in [0.2, 0.25) is 0 Å². The molecule has 0 aliphatic heterocycles. The molecule has 23 heavy (non-hydrogen) atoms. The lowest BCUT2D eigenvalue weighted by molar-refractivity contribution is 0.101. The molecule has 0 saturated carbocycles. The number of halogens is 1. The Labute approximate surface area is 133 Å². The van der Waals surface area contributed by atoms with Gasteiger partial charge in [-0.2, -0.15) is 0 Å². The van der Waals surface area contributed by atoms with Crippen molar-refractivity contribution in [2.75, 3.05) is 18.4 Å². The number of anilines is 1. The van der Waals surface area contributed by atoms with Crippen LogP contribution >= 0.6 is 0 Å². The summed E-state index contributed by atoms with van der Waals surface area (Å²) >= 11 is 0. The van der Waals surface area contributed by atoms with Crippen molar-refractivity contribution < 1.29 is 17.6 Å². The van der Waals surface area contributed by atoms with Crippen LogP contribution < -0.4 is 10.0 Å². The molecule has 0 bridgehead atoms. The van der Waals surface area contributed by atoms with Crippen LogP contribution in [-0.4, -0.2) is 37.3 Å². The number of nitrogens with one attached hydrogen (secondary N) is 2. The maximum absolute atomic E-state index is 13.7. The number of rotatable bonds is 7. The predicted octanol–water partition coefficient (Wildman–Crippen LogP) is 1.21. The van der Waals surface area contributed by atoms with Crippen LogP contribution in [0.5, 0.6) is 0 Å². The van der Waals surface area contributed by atoms with Gasteiger partial charge in [-0.15, -0.1) is 0 Å². The average molecular weight is 338 g/mol. The van der Waals surface area contributed by atoms with Gasteiger partial charge < -0.3 is 5.32 Å². The van der Waals surface area contributed by atoms with Crippen molar-refractivity contribution in [3.63, 3.8) is 0 Å². The molecule has 1 aromatic heterocycles. The molecule has 9 heteroatoms. The predicted molar refractivity (Wildman–Crippen MR) is 82.1 cm³/mol. The van der Waals surface area contributed by atoms with E-state index < -0.39 is 21.6 Å². The summed E-state index contributed by atoms with van der Waals surface area (Å²) in [5.74, 6) is -0.953. The molecule has 0 radical (unpaired) electrons. The van der Waals surface area contributed by atoms with Crippen LogP contribution in [0, 0.1) is 5.82 Å². The lowest BCUT2D eigenvalue weighted by Gasteiger charge is -2.08. The Kier molecular flexibility index (Phi) is 5.35. The fourth-order valence-corrected chi connectivity index (χ4v) is 2.83. The number of aromatic nitrogens is 2. The van der Waals surface area contributed by atoms with Crippen LogP contribution in [0.15, 0.2) is 41.6 Å². The van der Waals surface area contributed by atoms with Gasteiger partial charge in [0.15, 0.2) is 5.78 Å². The standard InChI is InChI=1S/C14H15FN4O3S/c1-10(20)12-4-3-11(9-13(12)15)23(21,22)19-8-7-18-14-16-5-2-6-17-14/h2-6,9,19H,7-8H2,1H3,(H,16,17,18). The molecule has 0 fully saturated rings. The monoisotopic (exact) mass is 338 g/mol. The minimum absolute atomic E-state index is 0.0661. The second-order valence-corrected chi connectivity index (χ2v) is 6.36. The second-order valence-electron chi connectivity index (χ2n) is 4.59. The van der Waals surface area contributed by atoms with Gasteiger partial charge in [-0.3, -0.25) is 4.79 Å². The maximum atomic E-state index is 13.7. The maximum Gasteiger partial charge on any atom is 0.240 e. The van der Waals surface area contributed by atoms with Crippen LogP contribution in [-0.2, 0) is 10.0 Å². The molecule has 2 rings (SSSR count). The summed E-state index contributed by atoms with van der Waals surface area (Å²) in [6, 6.07) is 4.83. The fraction of sp³-hybridized carbons (Fsp3) is 0.214. The van der Waals surface area contributed by atoms with Crippen LogP contribution in [0.3, 0.4) is 0 Å². The smallest absolute Gasteiger partial charge is 0.240 e.